The number of rotatable bonds is 6. The second-order valence-corrected chi connectivity index (χ2v) is 12.5. The van der Waals surface area contributed by atoms with Gasteiger partial charge in [-0.3, -0.25) is 4.79 Å². The number of aromatic nitrogens is 2. The minimum Gasteiger partial charge on any atom is -0.472 e. The minimum atomic E-state index is -2.29. The van der Waals surface area contributed by atoms with Crippen LogP contribution in [0.3, 0.4) is 0 Å². The van der Waals surface area contributed by atoms with Gasteiger partial charge in [0.15, 0.2) is 0 Å². The number of ether oxygens (including phenoxy) is 1. The number of aryl methyl sites for hydroxylation is 3. The molecule has 2 heterocycles. The molecule has 37 heavy (non-hydrogen) atoms. The van der Waals surface area contributed by atoms with E-state index in [0.717, 1.165) is 41.3 Å². The van der Waals surface area contributed by atoms with Gasteiger partial charge in [-0.15, -0.1) is 0 Å². The van der Waals surface area contributed by atoms with E-state index < -0.39 is 9.73 Å². The molecule has 1 saturated heterocycles. The first-order valence-corrected chi connectivity index (χ1v) is 14.6. The summed E-state index contributed by atoms with van der Waals surface area (Å²) in [6.07, 6.45) is 2.98. The number of hydrogen-bond acceptors (Lipinski definition) is 5. The van der Waals surface area contributed by atoms with E-state index in [1.54, 1.807) is 11.7 Å². The van der Waals surface area contributed by atoms with Crippen molar-refractivity contribution in [3.63, 3.8) is 0 Å². The van der Waals surface area contributed by atoms with E-state index in [0.29, 0.717) is 46.5 Å². The van der Waals surface area contributed by atoms with Gasteiger partial charge in [-0.05, 0) is 67.1 Å². The summed E-state index contributed by atoms with van der Waals surface area (Å²) in [6, 6.07) is 18.1. The van der Waals surface area contributed by atoms with Crippen LogP contribution >= 0.6 is 0 Å². The summed E-state index contributed by atoms with van der Waals surface area (Å²) in [4.78, 5) is 13.9. The van der Waals surface area contributed by atoms with Gasteiger partial charge in [-0.2, -0.15) is 9.46 Å². The molecule has 1 aromatic heterocycles. The molecule has 0 N–H and O–H groups in total. The van der Waals surface area contributed by atoms with Crippen LogP contribution in [-0.4, -0.2) is 31.3 Å². The molecule has 0 amide bonds. The molecular formula is C30H33N3O3S. The monoisotopic (exact) mass is 515 g/mol. The van der Waals surface area contributed by atoms with Crippen LogP contribution in [0.15, 0.2) is 59.0 Å². The van der Waals surface area contributed by atoms with Gasteiger partial charge >= 0.3 is 0 Å². The van der Waals surface area contributed by atoms with Crippen molar-refractivity contribution in [1.82, 2.24) is 9.78 Å². The molecule has 1 fully saturated rings. The lowest BCUT2D eigenvalue weighted by atomic mass is 9.96. The maximum Gasteiger partial charge on any atom is 0.223 e. The van der Waals surface area contributed by atoms with Gasteiger partial charge in [0.2, 0.25) is 11.7 Å². The number of hydrogen-bond donors (Lipinski definition) is 0. The van der Waals surface area contributed by atoms with E-state index in [1.807, 2.05) is 51.1 Å². The summed E-state index contributed by atoms with van der Waals surface area (Å²) < 4.78 is 25.9. The Balaban J connectivity index is 1.48. The van der Waals surface area contributed by atoms with E-state index in [-0.39, 0.29) is 5.78 Å². The first-order valence-electron chi connectivity index (χ1n) is 12.8. The molecule has 192 valence electrons. The third-order valence-corrected chi connectivity index (χ3v) is 9.52. The minimum absolute atomic E-state index is 0.161. The maximum atomic E-state index is 13.9. The first kappa shape index (κ1) is 25.2. The molecule has 0 radical (unpaired) electrons. The Morgan fingerprint density at radius 1 is 1.00 bits per heavy atom. The smallest absolute Gasteiger partial charge is 0.223 e. The predicted octanol–water partition coefficient (Wildman–Crippen LogP) is 6.59. The second kappa shape index (κ2) is 10.1. The molecule has 0 spiro atoms. The Morgan fingerprint density at radius 2 is 1.73 bits per heavy atom. The van der Waals surface area contributed by atoms with E-state index >= 15 is 0 Å². The average molecular weight is 516 g/mol. The summed E-state index contributed by atoms with van der Waals surface area (Å²) in [5.74, 6) is 1.52. The van der Waals surface area contributed by atoms with Crippen LogP contribution in [0.5, 0.6) is 5.88 Å². The van der Waals surface area contributed by atoms with Crippen molar-refractivity contribution >= 4 is 32.0 Å². The summed E-state index contributed by atoms with van der Waals surface area (Å²) >= 11 is 0. The predicted molar refractivity (Wildman–Crippen MR) is 149 cm³/mol. The van der Waals surface area contributed by atoms with Crippen molar-refractivity contribution in [2.45, 2.75) is 46.6 Å². The van der Waals surface area contributed by atoms with Gasteiger partial charge in [0.1, 0.15) is 12.2 Å². The van der Waals surface area contributed by atoms with Crippen molar-refractivity contribution < 1.29 is 13.7 Å². The number of ketones is 1. The van der Waals surface area contributed by atoms with Crippen molar-refractivity contribution in [3.8, 4) is 5.88 Å². The van der Waals surface area contributed by atoms with Crippen LogP contribution in [0.2, 0.25) is 0 Å². The van der Waals surface area contributed by atoms with Gasteiger partial charge in [0.05, 0.1) is 21.1 Å². The van der Waals surface area contributed by atoms with Crippen LogP contribution < -0.4 is 4.74 Å². The molecule has 1 aliphatic rings. The fourth-order valence-corrected chi connectivity index (χ4v) is 7.40. The molecular weight excluding hydrogens is 482 g/mol. The fourth-order valence-electron chi connectivity index (χ4n) is 5.09. The highest BCUT2D eigenvalue weighted by atomic mass is 32.2. The number of fused-ring (bicyclic) bond motifs is 1. The van der Waals surface area contributed by atoms with E-state index in [9.17, 15) is 9.00 Å². The molecule has 0 bridgehead atoms. The molecule has 5 rings (SSSR count). The molecule has 0 atom stereocenters. The SMILES string of the molecule is Cc1ccc(C(=O)c2c(C)nn(C)c2OCc2ccc3ccccc3c2)c(C)c1N=S1(=O)CCCCC1. The number of benzene rings is 3. The van der Waals surface area contributed by atoms with E-state index in [1.165, 1.54) is 5.39 Å². The lowest BCUT2D eigenvalue weighted by Crippen LogP contribution is -2.16. The number of carbonyl (C=O) groups is 1. The molecule has 4 aromatic rings. The Morgan fingerprint density at radius 3 is 2.49 bits per heavy atom. The van der Waals surface area contributed by atoms with Crippen molar-refractivity contribution in [2.24, 2.45) is 11.4 Å². The highest BCUT2D eigenvalue weighted by molar-refractivity contribution is 7.93. The van der Waals surface area contributed by atoms with Crippen LogP contribution in [0.4, 0.5) is 5.69 Å². The first-order chi connectivity index (χ1) is 17.8. The largest absolute Gasteiger partial charge is 0.472 e. The lowest BCUT2D eigenvalue weighted by molar-refractivity contribution is 0.103. The van der Waals surface area contributed by atoms with Crippen molar-refractivity contribution in [3.05, 3.63) is 88.1 Å². The third-order valence-electron chi connectivity index (χ3n) is 7.15. The van der Waals surface area contributed by atoms with E-state index in [4.69, 9.17) is 9.10 Å². The fraction of sp³-hybridized carbons (Fsp3) is 0.333. The number of carbonyl (C=O) groups excluding carboxylic acids is 1. The Hall–Kier alpha value is -3.45. The topological polar surface area (TPSA) is 73.6 Å². The molecule has 3 aromatic carbocycles. The normalized spacial score (nSPS) is 15.0. The Kier molecular flexibility index (Phi) is 6.90. The van der Waals surface area contributed by atoms with Crippen molar-refractivity contribution in [2.75, 3.05) is 11.5 Å². The standard InChI is InChI=1S/C30H33N3O3S/c1-20-12-15-26(21(2)28(20)32-37(35)16-8-5-9-17-37)29(34)27-22(3)31-33(4)30(27)36-19-23-13-14-24-10-6-7-11-25(24)18-23/h6-7,10-15,18H,5,8-9,16-17,19H2,1-4H3. The Bertz CT molecular complexity index is 1610. The molecule has 0 unspecified atom stereocenters. The molecule has 0 aliphatic carbocycles. The summed E-state index contributed by atoms with van der Waals surface area (Å²) in [5, 5.41) is 6.81. The van der Waals surface area contributed by atoms with Crippen molar-refractivity contribution in [1.29, 1.82) is 0 Å². The van der Waals surface area contributed by atoms with Gasteiger partial charge in [-0.1, -0.05) is 55.0 Å². The number of nitrogens with zero attached hydrogens (tertiary/aromatic N) is 3. The highest BCUT2D eigenvalue weighted by Gasteiger charge is 2.26. The molecule has 6 nitrogen and oxygen atoms in total. The summed E-state index contributed by atoms with van der Waals surface area (Å²) in [6.45, 7) is 5.99. The quantitative estimate of drug-likeness (QED) is 0.272. The van der Waals surface area contributed by atoms with Crippen LogP contribution in [0, 0.1) is 20.8 Å². The zero-order chi connectivity index (χ0) is 26.2. The maximum absolute atomic E-state index is 13.9. The second-order valence-electron chi connectivity index (χ2n) is 9.92. The highest BCUT2D eigenvalue weighted by Crippen LogP contribution is 2.33. The zero-order valence-electron chi connectivity index (χ0n) is 21.9. The third kappa shape index (κ3) is 5.05. The van der Waals surface area contributed by atoms with Crippen LogP contribution in [0.25, 0.3) is 10.8 Å². The van der Waals surface area contributed by atoms with Gasteiger partial charge in [-0.25, -0.2) is 8.89 Å². The molecule has 1 aliphatic heterocycles. The van der Waals surface area contributed by atoms with Crippen LogP contribution in [0.1, 0.15) is 57.6 Å². The Labute approximate surface area is 218 Å². The molecule has 7 heteroatoms. The lowest BCUT2D eigenvalue weighted by Gasteiger charge is -2.17. The van der Waals surface area contributed by atoms with Gasteiger partial charge < -0.3 is 4.74 Å². The molecule has 0 saturated carbocycles. The summed E-state index contributed by atoms with van der Waals surface area (Å²) in [5.41, 5.74) is 4.97. The van der Waals surface area contributed by atoms with Gasteiger partial charge in [0.25, 0.3) is 0 Å². The summed E-state index contributed by atoms with van der Waals surface area (Å²) in [7, 11) is -0.502. The van der Waals surface area contributed by atoms with Crippen LogP contribution in [-0.2, 0) is 23.4 Å². The average Bonchev–Trinajstić information content (AvgIpc) is 3.17. The van der Waals surface area contributed by atoms with Gasteiger partial charge in [0, 0.05) is 24.1 Å². The van der Waals surface area contributed by atoms with E-state index in [2.05, 4.69) is 29.4 Å². The zero-order valence-corrected chi connectivity index (χ0v) is 22.7.